The van der Waals surface area contributed by atoms with Crippen molar-refractivity contribution >= 4 is 17.5 Å². The summed E-state index contributed by atoms with van der Waals surface area (Å²) in [5.74, 6) is -0.0412. The van der Waals surface area contributed by atoms with E-state index in [4.69, 9.17) is 11.6 Å². The van der Waals surface area contributed by atoms with E-state index in [1.807, 2.05) is 24.3 Å². The Balaban J connectivity index is 1.72. The normalized spacial score (nSPS) is 23.0. The fraction of sp³-hybridized carbons (Fsp3) is 0.462. The van der Waals surface area contributed by atoms with Crippen LogP contribution in [-0.2, 0) is 11.2 Å². The Morgan fingerprint density at radius 2 is 2.17 bits per heavy atom. The van der Waals surface area contributed by atoms with Crippen LogP contribution in [0.1, 0.15) is 12.0 Å². The minimum absolute atomic E-state index is 0.0412. The first kappa shape index (κ1) is 13.3. The predicted molar refractivity (Wildman–Crippen MR) is 70.6 cm³/mol. The number of rotatable bonds is 4. The van der Waals surface area contributed by atoms with Gasteiger partial charge in [-0.05, 0) is 30.5 Å². The van der Waals surface area contributed by atoms with Crippen LogP contribution < -0.4 is 10.6 Å². The van der Waals surface area contributed by atoms with Crippen molar-refractivity contribution in [2.45, 2.75) is 25.0 Å². The first-order valence-corrected chi connectivity index (χ1v) is 6.46. The molecule has 3 N–H and O–H groups in total. The van der Waals surface area contributed by atoms with Crippen LogP contribution >= 0.6 is 11.6 Å². The van der Waals surface area contributed by atoms with Crippen molar-refractivity contribution in [1.29, 1.82) is 0 Å². The van der Waals surface area contributed by atoms with Crippen molar-refractivity contribution in [3.63, 3.8) is 0 Å². The van der Waals surface area contributed by atoms with Crippen LogP contribution in [0.5, 0.6) is 0 Å². The summed E-state index contributed by atoms with van der Waals surface area (Å²) >= 11 is 5.79. The summed E-state index contributed by atoms with van der Waals surface area (Å²) in [4.78, 5) is 11.7. The molecular weight excluding hydrogens is 252 g/mol. The zero-order valence-electron chi connectivity index (χ0n) is 10.0. The molecule has 2 rings (SSSR count). The van der Waals surface area contributed by atoms with Gasteiger partial charge in [0.1, 0.15) is 0 Å². The van der Waals surface area contributed by atoms with Gasteiger partial charge < -0.3 is 15.7 Å². The van der Waals surface area contributed by atoms with Gasteiger partial charge in [0, 0.05) is 18.1 Å². The average Bonchev–Trinajstić information content (AvgIpc) is 2.78. The molecule has 18 heavy (non-hydrogen) atoms. The molecule has 1 heterocycles. The Morgan fingerprint density at radius 1 is 1.44 bits per heavy atom. The van der Waals surface area contributed by atoms with Crippen molar-refractivity contribution in [2.24, 2.45) is 0 Å². The fourth-order valence-electron chi connectivity index (χ4n) is 2.02. The Kier molecular flexibility index (Phi) is 4.58. The third kappa shape index (κ3) is 3.70. The highest BCUT2D eigenvalue weighted by atomic mass is 35.5. The number of hydrogen-bond donors (Lipinski definition) is 3. The first-order valence-electron chi connectivity index (χ1n) is 6.09. The summed E-state index contributed by atoms with van der Waals surface area (Å²) in [7, 11) is 0. The number of hydrogen-bond acceptors (Lipinski definition) is 3. The standard InChI is InChI=1S/C13H17ClN2O2/c14-10-3-1-9(2-4-10)5-6-15-13(18)12-7-11(17)8-16-12/h1-4,11-12,16-17H,5-8H2,(H,15,18)/t11-,12-/m1/s1. The summed E-state index contributed by atoms with van der Waals surface area (Å²) in [6.45, 7) is 1.09. The number of aliphatic hydroxyl groups is 1. The smallest absolute Gasteiger partial charge is 0.237 e. The molecule has 0 unspecified atom stereocenters. The molecule has 1 amide bonds. The summed E-state index contributed by atoms with van der Waals surface area (Å²) in [6, 6.07) is 7.32. The maximum atomic E-state index is 11.7. The zero-order valence-corrected chi connectivity index (χ0v) is 10.8. The van der Waals surface area contributed by atoms with E-state index in [0.717, 1.165) is 12.0 Å². The summed E-state index contributed by atoms with van der Waals surface area (Å²) in [5, 5.41) is 15.9. The van der Waals surface area contributed by atoms with Gasteiger partial charge in [0.2, 0.25) is 5.91 Å². The number of benzene rings is 1. The van der Waals surface area contributed by atoms with E-state index >= 15 is 0 Å². The fourth-order valence-corrected chi connectivity index (χ4v) is 2.15. The van der Waals surface area contributed by atoms with E-state index in [9.17, 15) is 9.90 Å². The predicted octanol–water partition coefficient (Wildman–Crippen LogP) is 0.721. The lowest BCUT2D eigenvalue weighted by Gasteiger charge is -2.10. The number of β-amino-alcohol motifs (C(OH)–C–C–N with tert-alkyl or cyclic N) is 1. The number of nitrogens with one attached hydrogen (secondary N) is 2. The van der Waals surface area contributed by atoms with Crippen LogP contribution in [0.3, 0.4) is 0 Å². The lowest BCUT2D eigenvalue weighted by molar-refractivity contribution is -0.122. The van der Waals surface area contributed by atoms with Crippen LogP contribution in [0.15, 0.2) is 24.3 Å². The lowest BCUT2D eigenvalue weighted by atomic mass is 10.1. The molecule has 1 aromatic rings. The van der Waals surface area contributed by atoms with Crippen LogP contribution in [0.2, 0.25) is 5.02 Å². The monoisotopic (exact) mass is 268 g/mol. The second kappa shape index (κ2) is 6.18. The number of amides is 1. The molecule has 98 valence electrons. The van der Waals surface area contributed by atoms with Crippen LogP contribution in [0, 0.1) is 0 Å². The van der Waals surface area contributed by atoms with E-state index in [1.54, 1.807) is 0 Å². The number of carbonyl (C=O) groups excluding carboxylic acids is 1. The van der Waals surface area contributed by atoms with E-state index in [-0.39, 0.29) is 11.9 Å². The maximum Gasteiger partial charge on any atom is 0.237 e. The molecular formula is C13H17ClN2O2. The van der Waals surface area contributed by atoms with Gasteiger partial charge in [0.15, 0.2) is 0 Å². The summed E-state index contributed by atoms with van der Waals surface area (Å²) in [5.41, 5.74) is 1.14. The second-order valence-electron chi connectivity index (χ2n) is 4.52. The molecule has 4 nitrogen and oxygen atoms in total. The van der Waals surface area contributed by atoms with Gasteiger partial charge in [0.25, 0.3) is 0 Å². The lowest BCUT2D eigenvalue weighted by Crippen LogP contribution is -2.41. The largest absolute Gasteiger partial charge is 0.392 e. The molecule has 2 atom stereocenters. The molecule has 0 saturated carbocycles. The molecule has 1 aliphatic heterocycles. The van der Waals surface area contributed by atoms with Crippen LogP contribution in [0.25, 0.3) is 0 Å². The van der Waals surface area contributed by atoms with E-state index < -0.39 is 6.10 Å². The van der Waals surface area contributed by atoms with Gasteiger partial charge in [-0.15, -0.1) is 0 Å². The van der Waals surface area contributed by atoms with Crippen molar-refractivity contribution in [1.82, 2.24) is 10.6 Å². The average molecular weight is 269 g/mol. The third-order valence-electron chi connectivity index (χ3n) is 3.05. The number of aliphatic hydroxyl groups excluding tert-OH is 1. The molecule has 0 bridgehead atoms. The summed E-state index contributed by atoms with van der Waals surface area (Å²) < 4.78 is 0. The van der Waals surface area contributed by atoms with Gasteiger partial charge in [-0.2, -0.15) is 0 Å². The van der Waals surface area contributed by atoms with Gasteiger partial charge in [-0.1, -0.05) is 23.7 Å². The summed E-state index contributed by atoms with van der Waals surface area (Å²) in [6.07, 6.45) is 0.863. The van der Waals surface area contributed by atoms with Gasteiger partial charge >= 0.3 is 0 Å². The Labute approximate surface area is 111 Å². The minimum Gasteiger partial charge on any atom is -0.392 e. The highest BCUT2D eigenvalue weighted by Gasteiger charge is 2.27. The number of carbonyl (C=O) groups is 1. The van der Waals surface area contributed by atoms with Crippen molar-refractivity contribution < 1.29 is 9.90 Å². The molecule has 0 radical (unpaired) electrons. The third-order valence-corrected chi connectivity index (χ3v) is 3.30. The first-order chi connectivity index (χ1) is 8.65. The Hall–Kier alpha value is -1.10. The molecule has 1 fully saturated rings. The highest BCUT2D eigenvalue weighted by molar-refractivity contribution is 6.30. The SMILES string of the molecule is O=C(NCCc1ccc(Cl)cc1)[C@H]1C[C@@H](O)CN1. The van der Waals surface area contributed by atoms with Crippen LogP contribution in [-0.4, -0.2) is 36.2 Å². The topological polar surface area (TPSA) is 61.4 Å². The van der Waals surface area contributed by atoms with Gasteiger partial charge in [-0.25, -0.2) is 0 Å². The van der Waals surface area contributed by atoms with Gasteiger partial charge in [0.05, 0.1) is 12.1 Å². The zero-order chi connectivity index (χ0) is 13.0. The molecule has 0 aliphatic carbocycles. The van der Waals surface area contributed by atoms with Crippen molar-refractivity contribution in [3.05, 3.63) is 34.9 Å². The van der Waals surface area contributed by atoms with Crippen molar-refractivity contribution in [2.75, 3.05) is 13.1 Å². The van der Waals surface area contributed by atoms with Crippen molar-refractivity contribution in [3.8, 4) is 0 Å². The minimum atomic E-state index is -0.406. The van der Waals surface area contributed by atoms with E-state index in [0.29, 0.717) is 24.5 Å². The second-order valence-corrected chi connectivity index (χ2v) is 4.95. The van der Waals surface area contributed by atoms with Gasteiger partial charge in [-0.3, -0.25) is 4.79 Å². The maximum absolute atomic E-state index is 11.7. The highest BCUT2D eigenvalue weighted by Crippen LogP contribution is 2.10. The van der Waals surface area contributed by atoms with E-state index in [1.165, 1.54) is 0 Å². The molecule has 0 aromatic heterocycles. The molecule has 1 aromatic carbocycles. The molecule has 1 aliphatic rings. The quantitative estimate of drug-likeness (QED) is 0.754. The number of halogens is 1. The molecule has 1 saturated heterocycles. The molecule has 0 spiro atoms. The van der Waals surface area contributed by atoms with Crippen LogP contribution in [0.4, 0.5) is 0 Å². The Morgan fingerprint density at radius 3 is 2.78 bits per heavy atom. The molecule has 5 heteroatoms. The Bertz CT molecular complexity index is 408. The van der Waals surface area contributed by atoms with E-state index in [2.05, 4.69) is 10.6 Å².